The second-order valence-electron chi connectivity index (χ2n) is 5.81. The lowest BCUT2D eigenvalue weighted by atomic mass is 9.96. The van der Waals surface area contributed by atoms with Gasteiger partial charge in [-0.2, -0.15) is 0 Å². The van der Waals surface area contributed by atoms with Crippen LogP contribution in [-0.4, -0.2) is 59.9 Å². The van der Waals surface area contributed by atoms with Crippen molar-refractivity contribution in [1.82, 2.24) is 9.80 Å². The quantitative estimate of drug-likeness (QED) is 0.704. The highest BCUT2D eigenvalue weighted by Crippen LogP contribution is 2.30. The molecule has 2 amide bonds. The van der Waals surface area contributed by atoms with E-state index < -0.39 is 0 Å². The molecule has 118 valence electrons. The molecule has 0 aromatic carbocycles. The van der Waals surface area contributed by atoms with Crippen molar-refractivity contribution in [2.75, 3.05) is 26.2 Å². The molecule has 6 nitrogen and oxygen atoms in total. The lowest BCUT2D eigenvalue weighted by Gasteiger charge is -2.34. The van der Waals surface area contributed by atoms with Gasteiger partial charge in [-0.3, -0.25) is 14.4 Å². The molecule has 1 aliphatic heterocycles. The first-order valence-electron chi connectivity index (χ1n) is 7.74. The van der Waals surface area contributed by atoms with E-state index in [1.54, 1.807) is 16.7 Å². The monoisotopic (exact) mass is 296 g/mol. The molecule has 1 saturated carbocycles. The van der Waals surface area contributed by atoms with Crippen molar-refractivity contribution in [3.8, 4) is 0 Å². The third kappa shape index (κ3) is 4.19. The normalized spacial score (nSPS) is 21.8. The molecule has 1 atom stereocenters. The fourth-order valence-corrected chi connectivity index (χ4v) is 2.82. The van der Waals surface area contributed by atoms with Gasteiger partial charge in [-0.15, -0.1) is 0 Å². The van der Waals surface area contributed by atoms with E-state index in [0.717, 1.165) is 32.2 Å². The van der Waals surface area contributed by atoms with Gasteiger partial charge in [0, 0.05) is 26.1 Å². The molecule has 21 heavy (non-hydrogen) atoms. The smallest absolute Gasteiger partial charge is 0.325 e. The number of carbonyl (C=O) groups is 3. The molecule has 0 aromatic rings. The summed E-state index contributed by atoms with van der Waals surface area (Å²) in [5.41, 5.74) is 0. The topological polar surface area (TPSA) is 66.9 Å². The average Bonchev–Trinajstić information content (AvgIpc) is 3.29. The van der Waals surface area contributed by atoms with Gasteiger partial charge in [-0.25, -0.2) is 0 Å². The van der Waals surface area contributed by atoms with E-state index in [1.165, 1.54) is 6.92 Å². The van der Waals surface area contributed by atoms with Crippen LogP contribution >= 0.6 is 0 Å². The van der Waals surface area contributed by atoms with E-state index in [1.807, 2.05) is 0 Å². The lowest BCUT2D eigenvalue weighted by Crippen LogP contribution is -2.48. The minimum Gasteiger partial charge on any atom is -0.465 e. The zero-order valence-electron chi connectivity index (χ0n) is 12.8. The Balaban J connectivity index is 1.97. The number of nitrogens with zero attached hydrogens (tertiary/aromatic N) is 2. The molecule has 1 saturated heterocycles. The number of likely N-dealkylation sites (tertiary alicyclic amines) is 1. The van der Waals surface area contributed by atoms with Crippen molar-refractivity contribution in [3.05, 3.63) is 0 Å². The van der Waals surface area contributed by atoms with Crippen LogP contribution in [0.25, 0.3) is 0 Å². The van der Waals surface area contributed by atoms with Crippen LogP contribution in [-0.2, 0) is 19.1 Å². The predicted octanol–water partition coefficient (Wildman–Crippen LogP) is 0.799. The molecule has 2 fully saturated rings. The lowest BCUT2D eigenvalue weighted by molar-refractivity contribution is -0.152. The third-order valence-corrected chi connectivity index (χ3v) is 4.09. The van der Waals surface area contributed by atoms with Crippen molar-refractivity contribution < 1.29 is 19.1 Å². The van der Waals surface area contributed by atoms with Crippen LogP contribution < -0.4 is 0 Å². The van der Waals surface area contributed by atoms with Crippen LogP contribution in [0.15, 0.2) is 0 Å². The van der Waals surface area contributed by atoms with Gasteiger partial charge in [-0.05, 0) is 32.6 Å². The van der Waals surface area contributed by atoms with Crippen molar-refractivity contribution in [3.63, 3.8) is 0 Å². The number of amides is 2. The Morgan fingerprint density at radius 1 is 1.24 bits per heavy atom. The molecule has 1 unspecified atom stereocenters. The van der Waals surface area contributed by atoms with Crippen molar-refractivity contribution in [1.29, 1.82) is 0 Å². The van der Waals surface area contributed by atoms with E-state index in [9.17, 15) is 14.4 Å². The minimum absolute atomic E-state index is 0.00324. The molecule has 2 rings (SSSR count). The Kier molecular flexibility index (Phi) is 5.20. The molecule has 0 radical (unpaired) electrons. The molecule has 2 aliphatic rings. The highest BCUT2D eigenvalue weighted by atomic mass is 16.5. The molecule has 1 heterocycles. The minimum atomic E-state index is -0.350. The zero-order chi connectivity index (χ0) is 15.4. The highest BCUT2D eigenvalue weighted by molar-refractivity contribution is 5.85. The van der Waals surface area contributed by atoms with Crippen LogP contribution in [0.1, 0.15) is 39.5 Å². The number of rotatable bonds is 5. The molecular formula is C15H24N2O4. The summed E-state index contributed by atoms with van der Waals surface area (Å²) in [5.74, 6) is -0.526. The average molecular weight is 296 g/mol. The van der Waals surface area contributed by atoms with Gasteiger partial charge in [-0.1, -0.05) is 0 Å². The Morgan fingerprint density at radius 3 is 2.52 bits per heavy atom. The first-order valence-corrected chi connectivity index (χ1v) is 7.74. The van der Waals surface area contributed by atoms with Crippen LogP contribution in [0.5, 0.6) is 0 Å². The van der Waals surface area contributed by atoms with Crippen molar-refractivity contribution in [2.45, 2.75) is 45.6 Å². The number of esters is 1. The van der Waals surface area contributed by atoms with Gasteiger partial charge in [0.05, 0.1) is 12.5 Å². The maximum Gasteiger partial charge on any atom is 0.325 e. The summed E-state index contributed by atoms with van der Waals surface area (Å²) in [6.07, 6.45) is 3.53. The Hall–Kier alpha value is -1.59. The summed E-state index contributed by atoms with van der Waals surface area (Å²) in [6, 6.07) is 0.176. The van der Waals surface area contributed by atoms with Gasteiger partial charge < -0.3 is 14.5 Å². The molecule has 6 heteroatoms. The van der Waals surface area contributed by atoms with Crippen molar-refractivity contribution >= 4 is 17.8 Å². The molecule has 1 aliphatic carbocycles. The maximum atomic E-state index is 12.7. The Morgan fingerprint density at radius 2 is 1.95 bits per heavy atom. The SMILES string of the molecule is CCOC(=O)CN(C(=O)C1CCCN(C(C)=O)C1)C1CC1. The first kappa shape index (κ1) is 15.8. The third-order valence-electron chi connectivity index (χ3n) is 4.09. The van der Waals surface area contributed by atoms with Gasteiger partial charge >= 0.3 is 5.97 Å². The second kappa shape index (κ2) is 6.91. The van der Waals surface area contributed by atoms with E-state index in [0.29, 0.717) is 13.2 Å². The summed E-state index contributed by atoms with van der Waals surface area (Å²) in [7, 11) is 0. The number of ether oxygens (including phenoxy) is 1. The van der Waals surface area contributed by atoms with Gasteiger partial charge in [0.25, 0.3) is 0 Å². The molecular weight excluding hydrogens is 272 g/mol. The van der Waals surface area contributed by atoms with Crippen LogP contribution in [0.3, 0.4) is 0 Å². The summed E-state index contributed by atoms with van der Waals surface area (Å²) in [5, 5.41) is 0. The molecule has 0 N–H and O–H groups in total. The zero-order valence-corrected chi connectivity index (χ0v) is 12.8. The number of hydrogen-bond acceptors (Lipinski definition) is 4. The summed E-state index contributed by atoms with van der Waals surface area (Å²) < 4.78 is 4.95. The van der Waals surface area contributed by atoms with Crippen LogP contribution in [0, 0.1) is 5.92 Å². The molecule has 0 aromatic heterocycles. The summed E-state index contributed by atoms with van der Waals surface area (Å²) >= 11 is 0. The van der Waals surface area contributed by atoms with E-state index in [-0.39, 0.29) is 36.3 Å². The summed E-state index contributed by atoms with van der Waals surface area (Å²) in [4.78, 5) is 39.2. The Labute approximate surface area is 125 Å². The molecule has 0 bridgehead atoms. The van der Waals surface area contributed by atoms with E-state index >= 15 is 0 Å². The summed E-state index contributed by atoms with van der Waals surface area (Å²) in [6.45, 7) is 4.85. The fraction of sp³-hybridized carbons (Fsp3) is 0.800. The fourth-order valence-electron chi connectivity index (χ4n) is 2.82. The first-order chi connectivity index (χ1) is 10.0. The van der Waals surface area contributed by atoms with E-state index in [2.05, 4.69) is 0 Å². The highest BCUT2D eigenvalue weighted by Gasteiger charge is 2.38. The van der Waals surface area contributed by atoms with E-state index in [4.69, 9.17) is 4.74 Å². The van der Waals surface area contributed by atoms with Crippen LogP contribution in [0.2, 0.25) is 0 Å². The largest absolute Gasteiger partial charge is 0.465 e. The second-order valence-corrected chi connectivity index (χ2v) is 5.81. The van der Waals surface area contributed by atoms with Gasteiger partial charge in [0.2, 0.25) is 11.8 Å². The van der Waals surface area contributed by atoms with Crippen LogP contribution in [0.4, 0.5) is 0 Å². The standard InChI is InChI=1S/C15H24N2O4/c1-3-21-14(19)10-17(13-6-7-13)15(20)12-5-4-8-16(9-12)11(2)18/h12-13H,3-10H2,1-2H3. The predicted molar refractivity (Wildman–Crippen MR) is 76.3 cm³/mol. The Bertz CT molecular complexity index is 420. The maximum absolute atomic E-state index is 12.7. The number of piperidine rings is 1. The number of hydrogen-bond donors (Lipinski definition) is 0. The molecule has 0 spiro atoms. The van der Waals surface area contributed by atoms with Gasteiger partial charge in [0.1, 0.15) is 6.54 Å². The number of carbonyl (C=O) groups excluding carboxylic acids is 3. The van der Waals surface area contributed by atoms with Crippen molar-refractivity contribution in [2.24, 2.45) is 5.92 Å². The van der Waals surface area contributed by atoms with Gasteiger partial charge in [0.15, 0.2) is 0 Å².